The number of ether oxygens (including phenoxy) is 1. The SMILES string of the molecule is COc1ccc(C(=O)[C@H](Cc2ccc(S(=O)(=O)O)cc2)NC(=O)[C@H](CC(C)C)C(Cc2ccc3ccccc3c2)C(=O)NO)cc1. The quantitative estimate of drug-likeness (QED) is 0.0643. The van der Waals surface area contributed by atoms with Gasteiger partial charge in [-0.05, 0) is 77.1 Å². The molecule has 11 heteroatoms. The maximum atomic E-state index is 14.1. The number of Topliss-reactive ketones (excluding diaryl/α,β-unsaturated/α-hetero) is 1. The highest BCUT2D eigenvalue weighted by Gasteiger charge is 2.36. The number of nitrogens with one attached hydrogen (secondary N) is 2. The van der Waals surface area contributed by atoms with Gasteiger partial charge in [0.15, 0.2) is 5.78 Å². The predicted octanol–water partition coefficient (Wildman–Crippen LogP) is 5.03. The number of hydroxylamine groups is 1. The number of benzene rings is 4. The van der Waals surface area contributed by atoms with Crippen molar-refractivity contribution in [1.29, 1.82) is 0 Å². The molecule has 3 atom stereocenters. The van der Waals surface area contributed by atoms with Crippen molar-refractivity contribution in [2.24, 2.45) is 17.8 Å². The molecular formula is C35H38N2O8S. The number of hydrogen-bond donors (Lipinski definition) is 4. The van der Waals surface area contributed by atoms with Gasteiger partial charge in [-0.2, -0.15) is 8.42 Å². The first-order valence-corrected chi connectivity index (χ1v) is 16.3. The van der Waals surface area contributed by atoms with Crippen LogP contribution in [0.3, 0.4) is 0 Å². The number of ketones is 1. The molecule has 0 saturated carbocycles. The number of carbonyl (C=O) groups excluding carboxylic acids is 3. The monoisotopic (exact) mass is 646 g/mol. The lowest BCUT2D eigenvalue weighted by Crippen LogP contribution is -2.49. The van der Waals surface area contributed by atoms with Crippen LogP contribution in [0.4, 0.5) is 0 Å². The van der Waals surface area contributed by atoms with Crippen molar-refractivity contribution in [3.05, 3.63) is 108 Å². The number of carbonyl (C=O) groups is 3. The molecule has 10 nitrogen and oxygen atoms in total. The molecule has 4 rings (SSSR count). The van der Waals surface area contributed by atoms with Crippen molar-refractivity contribution in [2.75, 3.05) is 7.11 Å². The third-order valence-electron chi connectivity index (χ3n) is 7.93. The predicted molar refractivity (Wildman–Crippen MR) is 173 cm³/mol. The summed E-state index contributed by atoms with van der Waals surface area (Å²) < 4.78 is 37.7. The molecule has 1 unspecified atom stereocenters. The molecular weight excluding hydrogens is 608 g/mol. The van der Waals surface area contributed by atoms with Crippen LogP contribution < -0.4 is 15.5 Å². The number of rotatable bonds is 14. The topological polar surface area (TPSA) is 159 Å². The lowest BCUT2D eigenvalue weighted by Gasteiger charge is -2.28. The zero-order chi connectivity index (χ0) is 33.4. The summed E-state index contributed by atoms with van der Waals surface area (Å²) in [5, 5.41) is 14.6. The van der Waals surface area contributed by atoms with Gasteiger partial charge in [0, 0.05) is 12.0 Å². The minimum atomic E-state index is -4.42. The summed E-state index contributed by atoms with van der Waals surface area (Å²) in [6, 6.07) is 24.2. The molecule has 46 heavy (non-hydrogen) atoms. The van der Waals surface area contributed by atoms with E-state index >= 15 is 0 Å². The van der Waals surface area contributed by atoms with Gasteiger partial charge in [-0.15, -0.1) is 0 Å². The summed E-state index contributed by atoms with van der Waals surface area (Å²) in [7, 11) is -2.92. The molecule has 0 aliphatic heterocycles. The van der Waals surface area contributed by atoms with Crippen molar-refractivity contribution in [3.8, 4) is 5.75 Å². The van der Waals surface area contributed by atoms with E-state index in [1.807, 2.05) is 56.3 Å². The van der Waals surface area contributed by atoms with Crippen LogP contribution in [0.2, 0.25) is 0 Å². The summed E-state index contributed by atoms with van der Waals surface area (Å²) in [5.41, 5.74) is 3.37. The normalized spacial score (nSPS) is 13.5. The Bertz CT molecular complexity index is 1790. The molecule has 0 saturated heterocycles. The third kappa shape index (κ3) is 8.78. The van der Waals surface area contributed by atoms with Gasteiger partial charge in [-0.25, -0.2) is 5.48 Å². The summed E-state index contributed by atoms with van der Waals surface area (Å²) in [4.78, 5) is 40.7. The van der Waals surface area contributed by atoms with E-state index in [-0.39, 0.29) is 23.7 Å². The molecule has 242 valence electrons. The highest BCUT2D eigenvalue weighted by atomic mass is 32.2. The maximum Gasteiger partial charge on any atom is 0.294 e. The van der Waals surface area contributed by atoms with Crippen LogP contribution in [0.25, 0.3) is 10.8 Å². The minimum Gasteiger partial charge on any atom is -0.497 e. The molecule has 0 fully saturated rings. The summed E-state index contributed by atoms with van der Waals surface area (Å²) in [6.45, 7) is 3.84. The number of methoxy groups -OCH3 is 1. The van der Waals surface area contributed by atoms with E-state index in [9.17, 15) is 32.6 Å². The van der Waals surface area contributed by atoms with Crippen molar-refractivity contribution in [1.82, 2.24) is 10.8 Å². The van der Waals surface area contributed by atoms with E-state index < -0.39 is 45.6 Å². The average molecular weight is 647 g/mol. The van der Waals surface area contributed by atoms with Gasteiger partial charge in [-0.1, -0.05) is 68.4 Å². The van der Waals surface area contributed by atoms with E-state index in [0.29, 0.717) is 23.3 Å². The number of amides is 2. The van der Waals surface area contributed by atoms with Crippen LogP contribution >= 0.6 is 0 Å². The molecule has 0 aromatic heterocycles. The van der Waals surface area contributed by atoms with E-state index in [1.54, 1.807) is 29.7 Å². The fourth-order valence-electron chi connectivity index (χ4n) is 5.56. The summed E-state index contributed by atoms with van der Waals surface area (Å²) in [5.74, 6) is -2.99. The van der Waals surface area contributed by atoms with Crippen LogP contribution in [0.15, 0.2) is 95.9 Å². The Kier molecular flexibility index (Phi) is 11.3. The first-order chi connectivity index (χ1) is 21.9. The van der Waals surface area contributed by atoms with Gasteiger partial charge in [0.2, 0.25) is 11.8 Å². The third-order valence-corrected chi connectivity index (χ3v) is 8.80. The van der Waals surface area contributed by atoms with Gasteiger partial charge in [0.05, 0.1) is 29.9 Å². The fraction of sp³-hybridized carbons (Fsp3) is 0.286. The van der Waals surface area contributed by atoms with Crippen molar-refractivity contribution >= 4 is 38.5 Å². The van der Waals surface area contributed by atoms with Crippen LogP contribution in [-0.2, 0) is 32.5 Å². The molecule has 4 aromatic carbocycles. The number of fused-ring (bicyclic) bond motifs is 1. The standard InChI is InChI=1S/C35H38N2O8S/c1-22(2)18-30(31(35(40)37-41)20-24-8-11-25-6-4-5-7-27(25)19-24)34(39)36-32(33(38)26-12-14-28(45-3)15-13-26)21-23-9-16-29(17-10-23)46(42,43)44/h4-17,19,22,30-32,41H,18,20-21H2,1-3H3,(H,36,39)(H,37,40)(H,42,43,44)/t30-,31?,32+/m1/s1. The zero-order valence-corrected chi connectivity index (χ0v) is 26.7. The minimum absolute atomic E-state index is 0.00169. The average Bonchev–Trinajstić information content (AvgIpc) is 3.05. The molecule has 4 N–H and O–H groups in total. The molecule has 0 radical (unpaired) electrons. The zero-order valence-electron chi connectivity index (χ0n) is 25.8. The van der Waals surface area contributed by atoms with Crippen LogP contribution in [0, 0.1) is 17.8 Å². The van der Waals surface area contributed by atoms with Gasteiger partial charge in [-0.3, -0.25) is 24.1 Å². The van der Waals surface area contributed by atoms with Gasteiger partial charge >= 0.3 is 0 Å². The Labute approximate surface area is 268 Å². The molecule has 0 bridgehead atoms. The van der Waals surface area contributed by atoms with Gasteiger partial charge < -0.3 is 10.1 Å². The lowest BCUT2D eigenvalue weighted by molar-refractivity contribution is -0.141. The summed E-state index contributed by atoms with van der Waals surface area (Å²) in [6.07, 6.45) is 0.457. The second kappa shape index (κ2) is 15.1. The Hall–Kier alpha value is -4.58. The first-order valence-electron chi connectivity index (χ1n) is 14.9. The molecule has 2 amide bonds. The van der Waals surface area contributed by atoms with Crippen LogP contribution in [0.1, 0.15) is 41.8 Å². The molecule has 4 aromatic rings. The lowest BCUT2D eigenvalue weighted by atomic mass is 9.80. The van der Waals surface area contributed by atoms with Crippen LogP contribution in [0.5, 0.6) is 5.75 Å². The number of hydrogen-bond acceptors (Lipinski definition) is 7. The van der Waals surface area contributed by atoms with E-state index in [0.717, 1.165) is 16.3 Å². The summed E-state index contributed by atoms with van der Waals surface area (Å²) >= 11 is 0. The fourth-order valence-corrected chi connectivity index (χ4v) is 6.04. The molecule has 0 heterocycles. The second-order valence-electron chi connectivity index (χ2n) is 11.7. The van der Waals surface area contributed by atoms with Crippen molar-refractivity contribution < 1.29 is 37.3 Å². The van der Waals surface area contributed by atoms with E-state index in [4.69, 9.17) is 4.74 Å². The van der Waals surface area contributed by atoms with Gasteiger partial charge in [0.1, 0.15) is 5.75 Å². The molecule has 0 aliphatic rings. The smallest absolute Gasteiger partial charge is 0.294 e. The highest BCUT2D eigenvalue weighted by Crippen LogP contribution is 2.28. The van der Waals surface area contributed by atoms with E-state index in [1.165, 1.54) is 31.4 Å². The van der Waals surface area contributed by atoms with Crippen molar-refractivity contribution in [3.63, 3.8) is 0 Å². The highest BCUT2D eigenvalue weighted by molar-refractivity contribution is 7.85. The first kappa shape index (κ1) is 34.3. The van der Waals surface area contributed by atoms with Crippen LogP contribution in [-0.4, -0.2) is 48.9 Å². The van der Waals surface area contributed by atoms with Gasteiger partial charge in [0.25, 0.3) is 10.1 Å². The molecule has 0 aliphatic carbocycles. The Morgan fingerprint density at radius 1 is 0.783 bits per heavy atom. The second-order valence-corrected chi connectivity index (χ2v) is 13.1. The van der Waals surface area contributed by atoms with E-state index in [2.05, 4.69) is 5.32 Å². The Morgan fingerprint density at radius 2 is 1.41 bits per heavy atom. The molecule has 0 spiro atoms. The van der Waals surface area contributed by atoms with Crippen molar-refractivity contribution in [2.45, 2.75) is 44.0 Å². The Balaban J connectivity index is 1.67. The largest absolute Gasteiger partial charge is 0.497 e. The Morgan fingerprint density at radius 3 is 2.00 bits per heavy atom. The maximum absolute atomic E-state index is 14.1.